The maximum atomic E-state index is 12.2. The summed E-state index contributed by atoms with van der Waals surface area (Å²) in [6.45, 7) is 7.02. The molecule has 0 aliphatic rings. The molecule has 36 heavy (non-hydrogen) atoms. The van der Waals surface area contributed by atoms with Crippen LogP contribution in [0.1, 0.15) is 55.5 Å². The maximum absolute atomic E-state index is 12.2. The third kappa shape index (κ3) is 6.68. The van der Waals surface area contributed by atoms with Gasteiger partial charge in [-0.05, 0) is 63.6 Å². The number of nitrogens with one attached hydrogen (secondary N) is 1. The molecular formula is C26H30N2O8. The lowest BCUT2D eigenvalue weighted by Gasteiger charge is -2.21. The van der Waals surface area contributed by atoms with E-state index in [0.29, 0.717) is 17.1 Å². The number of hydrogen-bond acceptors (Lipinski definition) is 8. The monoisotopic (exact) mass is 498 g/mol. The highest BCUT2D eigenvalue weighted by molar-refractivity contribution is 5.87. The predicted molar refractivity (Wildman–Crippen MR) is 131 cm³/mol. The number of carbonyl (C=O) groups excluding carboxylic acids is 1. The first-order valence-corrected chi connectivity index (χ1v) is 11.2. The SMILES string of the molecule is COc1ccc(COc2cc(-c3nc(C(=O)O)c(C(C)NC(=O)OC(C)(C)C)o3)ccc2OC)cc1. The Morgan fingerprint density at radius 1 is 1.06 bits per heavy atom. The number of methoxy groups -OCH3 is 2. The van der Waals surface area contributed by atoms with Crippen LogP contribution in [-0.4, -0.2) is 42.0 Å². The summed E-state index contributed by atoms with van der Waals surface area (Å²) in [6, 6.07) is 11.6. The fourth-order valence-corrected chi connectivity index (χ4v) is 3.26. The zero-order valence-electron chi connectivity index (χ0n) is 21.1. The van der Waals surface area contributed by atoms with Crippen LogP contribution in [0.15, 0.2) is 46.9 Å². The van der Waals surface area contributed by atoms with Crippen LogP contribution in [0.4, 0.5) is 4.79 Å². The van der Waals surface area contributed by atoms with Crippen molar-refractivity contribution in [2.45, 2.75) is 45.9 Å². The Balaban J connectivity index is 1.85. The van der Waals surface area contributed by atoms with Crippen LogP contribution in [0.25, 0.3) is 11.5 Å². The molecule has 0 aliphatic heterocycles. The van der Waals surface area contributed by atoms with Crippen molar-refractivity contribution in [1.82, 2.24) is 10.3 Å². The second kappa shape index (κ2) is 11.0. The zero-order valence-corrected chi connectivity index (χ0v) is 21.1. The highest BCUT2D eigenvalue weighted by Crippen LogP contribution is 2.34. The number of ether oxygens (including phenoxy) is 4. The van der Waals surface area contributed by atoms with Crippen LogP contribution in [0.2, 0.25) is 0 Å². The number of aromatic nitrogens is 1. The average molecular weight is 499 g/mol. The highest BCUT2D eigenvalue weighted by Gasteiger charge is 2.27. The summed E-state index contributed by atoms with van der Waals surface area (Å²) < 4.78 is 27.6. The summed E-state index contributed by atoms with van der Waals surface area (Å²) in [5, 5.41) is 12.2. The molecule has 0 saturated heterocycles. The molecule has 1 amide bonds. The zero-order chi connectivity index (χ0) is 26.5. The van der Waals surface area contributed by atoms with Gasteiger partial charge in [-0.3, -0.25) is 0 Å². The molecule has 0 spiro atoms. The molecule has 1 heterocycles. The largest absolute Gasteiger partial charge is 0.497 e. The predicted octanol–water partition coefficient (Wildman–Crippen LogP) is 5.22. The van der Waals surface area contributed by atoms with Crippen molar-refractivity contribution < 1.29 is 38.1 Å². The molecule has 1 unspecified atom stereocenters. The van der Waals surface area contributed by atoms with E-state index in [-0.39, 0.29) is 24.0 Å². The molecule has 2 N–H and O–H groups in total. The fraction of sp³-hybridized carbons (Fsp3) is 0.346. The molecule has 3 aromatic rings. The van der Waals surface area contributed by atoms with Crippen molar-refractivity contribution in [3.05, 3.63) is 59.5 Å². The third-order valence-corrected chi connectivity index (χ3v) is 4.95. The van der Waals surface area contributed by atoms with Crippen LogP contribution in [0, 0.1) is 0 Å². The molecule has 0 aliphatic carbocycles. The summed E-state index contributed by atoms with van der Waals surface area (Å²) in [5.74, 6) is 0.391. The Hall–Kier alpha value is -4.21. The van der Waals surface area contributed by atoms with Crippen LogP contribution < -0.4 is 19.5 Å². The van der Waals surface area contributed by atoms with Crippen molar-refractivity contribution in [1.29, 1.82) is 0 Å². The van der Waals surface area contributed by atoms with Gasteiger partial charge in [0, 0.05) is 5.56 Å². The van der Waals surface area contributed by atoms with Gasteiger partial charge >= 0.3 is 12.1 Å². The first kappa shape index (κ1) is 26.4. The number of rotatable bonds is 9. The summed E-state index contributed by atoms with van der Waals surface area (Å²) in [4.78, 5) is 28.1. The molecule has 192 valence electrons. The topological polar surface area (TPSA) is 129 Å². The van der Waals surface area contributed by atoms with E-state index in [4.69, 9.17) is 23.4 Å². The van der Waals surface area contributed by atoms with Gasteiger partial charge in [-0.25, -0.2) is 14.6 Å². The number of oxazole rings is 1. The minimum absolute atomic E-state index is 0.0140. The summed E-state index contributed by atoms with van der Waals surface area (Å²) in [7, 11) is 3.12. The van der Waals surface area contributed by atoms with Gasteiger partial charge in [-0.2, -0.15) is 0 Å². The van der Waals surface area contributed by atoms with Gasteiger partial charge in [0.25, 0.3) is 0 Å². The number of nitrogens with zero attached hydrogens (tertiary/aromatic N) is 1. The number of alkyl carbamates (subject to hydrolysis) is 1. The number of amides is 1. The molecular weight excluding hydrogens is 468 g/mol. The van der Waals surface area contributed by atoms with Crippen molar-refractivity contribution in [2.24, 2.45) is 0 Å². The summed E-state index contributed by atoms with van der Waals surface area (Å²) >= 11 is 0. The van der Waals surface area contributed by atoms with Gasteiger partial charge in [-0.15, -0.1) is 0 Å². The molecule has 1 atom stereocenters. The molecule has 0 bridgehead atoms. The van der Waals surface area contributed by atoms with Gasteiger partial charge in [0.2, 0.25) is 5.89 Å². The number of aromatic carboxylic acids is 1. The van der Waals surface area contributed by atoms with Crippen LogP contribution >= 0.6 is 0 Å². The Kier molecular flexibility index (Phi) is 8.08. The Labute approximate surface area is 209 Å². The molecule has 2 aromatic carbocycles. The van der Waals surface area contributed by atoms with Gasteiger partial charge in [0.05, 0.1) is 20.3 Å². The van der Waals surface area contributed by atoms with Crippen molar-refractivity contribution in [3.63, 3.8) is 0 Å². The number of hydrogen-bond donors (Lipinski definition) is 2. The van der Waals surface area contributed by atoms with E-state index in [0.717, 1.165) is 11.3 Å². The minimum atomic E-state index is -1.29. The Morgan fingerprint density at radius 3 is 2.33 bits per heavy atom. The molecule has 0 fully saturated rings. The average Bonchev–Trinajstić information content (AvgIpc) is 3.28. The smallest absolute Gasteiger partial charge is 0.408 e. The lowest BCUT2D eigenvalue weighted by molar-refractivity contribution is 0.0498. The van der Waals surface area contributed by atoms with E-state index in [2.05, 4.69) is 10.3 Å². The Bertz CT molecular complexity index is 1210. The van der Waals surface area contributed by atoms with E-state index >= 15 is 0 Å². The number of carbonyl (C=O) groups is 2. The normalized spacial score (nSPS) is 11.9. The van der Waals surface area contributed by atoms with Gasteiger partial charge < -0.3 is 33.8 Å². The van der Waals surface area contributed by atoms with Gasteiger partial charge in [0.15, 0.2) is 23.0 Å². The van der Waals surface area contributed by atoms with Crippen molar-refractivity contribution >= 4 is 12.1 Å². The standard InChI is InChI=1S/C26H30N2O8/c1-15(27-25(31)36-26(2,3)4)22-21(24(29)30)28-23(35-22)17-9-12-19(33-6)20(13-17)34-14-16-7-10-18(32-5)11-8-16/h7-13,15H,14H2,1-6H3,(H,27,31)(H,29,30). The van der Waals surface area contributed by atoms with Crippen molar-refractivity contribution in [3.8, 4) is 28.7 Å². The van der Waals surface area contributed by atoms with E-state index in [1.165, 1.54) is 7.11 Å². The molecule has 10 nitrogen and oxygen atoms in total. The molecule has 0 saturated carbocycles. The van der Waals surface area contributed by atoms with E-state index in [9.17, 15) is 14.7 Å². The summed E-state index contributed by atoms with van der Waals surface area (Å²) in [6.07, 6.45) is -0.706. The lowest BCUT2D eigenvalue weighted by Crippen LogP contribution is -2.34. The minimum Gasteiger partial charge on any atom is -0.497 e. The van der Waals surface area contributed by atoms with E-state index in [1.807, 2.05) is 24.3 Å². The molecule has 3 rings (SSSR count). The van der Waals surface area contributed by atoms with E-state index in [1.54, 1.807) is 53.0 Å². The second-order valence-corrected chi connectivity index (χ2v) is 8.91. The Morgan fingerprint density at radius 2 is 1.75 bits per heavy atom. The quantitative estimate of drug-likeness (QED) is 0.408. The van der Waals surface area contributed by atoms with Crippen LogP contribution in [0.3, 0.4) is 0 Å². The maximum Gasteiger partial charge on any atom is 0.408 e. The van der Waals surface area contributed by atoms with Crippen LogP contribution in [-0.2, 0) is 11.3 Å². The first-order valence-electron chi connectivity index (χ1n) is 11.2. The molecule has 10 heteroatoms. The number of carboxylic acid groups (broad SMARTS) is 1. The van der Waals surface area contributed by atoms with Crippen molar-refractivity contribution in [2.75, 3.05) is 14.2 Å². The number of carboxylic acids is 1. The second-order valence-electron chi connectivity index (χ2n) is 8.91. The van der Waals surface area contributed by atoms with Gasteiger partial charge in [0.1, 0.15) is 18.0 Å². The first-order chi connectivity index (χ1) is 17.0. The number of benzene rings is 2. The molecule has 1 aromatic heterocycles. The third-order valence-electron chi connectivity index (χ3n) is 4.95. The molecule has 0 radical (unpaired) electrons. The summed E-state index contributed by atoms with van der Waals surface area (Å²) in [5.41, 5.74) is 0.359. The lowest BCUT2D eigenvalue weighted by atomic mass is 10.2. The fourth-order valence-electron chi connectivity index (χ4n) is 3.26. The van der Waals surface area contributed by atoms with E-state index < -0.39 is 23.7 Å². The van der Waals surface area contributed by atoms with Crippen LogP contribution in [0.5, 0.6) is 17.2 Å². The van der Waals surface area contributed by atoms with Gasteiger partial charge in [-0.1, -0.05) is 12.1 Å². The highest BCUT2D eigenvalue weighted by atomic mass is 16.6.